The molecule has 4 nitrogen and oxygen atoms in total. The van der Waals surface area contributed by atoms with Crippen LogP contribution in [0.5, 0.6) is 11.5 Å². The van der Waals surface area contributed by atoms with Gasteiger partial charge >= 0.3 is 0 Å². The van der Waals surface area contributed by atoms with Crippen molar-refractivity contribution in [2.75, 3.05) is 33.9 Å². The molecule has 110 valence electrons. The van der Waals surface area contributed by atoms with Gasteiger partial charge < -0.3 is 19.2 Å². The number of likely N-dealkylation sites (tertiary alicyclic amines) is 1. The minimum absolute atomic E-state index is 0.271. The second-order valence-corrected chi connectivity index (χ2v) is 5.25. The van der Waals surface area contributed by atoms with Crippen LogP contribution in [0.25, 0.3) is 0 Å². The zero-order valence-corrected chi connectivity index (χ0v) is 12.3. The van der Waals surface area contributed by atoms with Crippen LogP contribution in [0.15, 0.2) is 18.2 Å². The third kappa shape index (κ3) is 3.73. The molecule has 1 aliphatic rings. The lowest BCUT2D eigenvalue weighted by Crippen LogP contribution is -2.35. The first kappa shape index (κ1) is 14.9. The van der Waals surface area contributed by atoms with Gasteiger partial charge in [0.1, 0.15) is 6.29 Å². The Labute approximate surface area is 120 Å². The van der Waals surface area contributed by atoms with Crippen LogP contribution in [0, 0.1) is 5.92 Å². The van der Waals surface area contributed by atoms with E-state index in [2.05, 4.69) is 11.0 Å². The Bertz CT molecular complexity index is 439. The third-order valence-corrected chi connectivity index (χ3v) is 3.99. The fourth-order valence-corrected chi connectivity index (χ4v) is 2.64. The van der Waals surface area contributed by atoms with Gasteiger partial charge in [-0.2, -0.15) is 0 Å². The van der Waals surface area contributed by atoms with E-state index in [0.717, 1.165) is 56.7 Å². The molecule has 0 spiro atoms. The van der Waals surface area contributed by atoms with Crippen molar-refractivity contribution in [3.8, 4) is 11.5 Å². The molecule has 0 N–H and O–H groups in total. The van der Waals surface area contributed by atoms with Gasteiger partial charge in [0.05, 0.1) is 14.2 Å². The molecule has 2 rings (SSSR count). The topological polar surface area (TPSA) is 38.8 Å². The van der Waals surface area contributed by atoms with Crippen LogP contribution < -0.4 is 9.47 Å². The molecule has 0 aromatic heterocycles. The molecule has 0 aliphatic carbocycles. The van der Waals surface area contributed by atoms with Crippen molar-refractivity contribution in [2.24, 2.45) is 5.92 Å². The van der Waals surface area contributed by atoms with Crippen LogP contribution in [-0.4, -0.2) is 45.0 Å². The molecule has 1 saturated heterocycles. The largest absolute Gasteiger partial charge is 0.493 e. The summed E-state index contributed by atoms with van der Waals surface area (Å²) >= 11 is 0. The predicted octanol–water partition coefficient (Wildman–Crippen LogP) is 2.16. The summed E-state index contributed by atoms with van der Waals surface area (Å²) in [6.07, 6.45) is 4.09. The zero-order chi connectivity index (χ0) is 14.4. The number of hydrogen-bond acceptors (Lipinski definition) is 4. The first-order chi connectivity index (χ1) is 9.76. The molecule has 0 atom stereocenters. The molecular weight excluding hydrogens is 254 g/mol. The summed E-state index contributed by atoms with van der Waals surface area (Å²) in [5, 5.41) is 0. The van der Waals surface area contributed by atoms with Crippen LogP contribution >= 0.6 is 0 Å². The summed E-state index contributed by atoms with van der Waals surface area (Å²) in [5.74, 6) is 1.82. The molecule has 1 fully saturated rings. The fourth-order valence-electron chi connectivity index (χ4n) is 2.64. The summed E-state index contributed by atoms with van der Waals surface area (Å²) in [6, 6.07) is 6.07. The lowest BCUT2D eigenvalue weighted by molar-refractivity contribution is -0.112. The van der Waals surface area contributed by atoms with Gasteiger partial charge in [0, 0.05) is 12.5 Å². The molecule has 0 amide bonds. The lowest BCUT2D eigenvalue weighted by atomic mass is 9.98. The van der Waals surface area contributed by atoms with Crippen molar-refractivity contribution >= 4 is 6.29 Å². The molecule has 0 radical (unpaired) electrons. The Morgan fingerprint density at radius 3 is 2.50 bits per heavy atom. The van der Waals surface area contributed by atoms with Crippen molar-refractivity contribution in [3.63, 3.8) is 0 Å². The molecule has 0 bridgehead atoms. The van der Waals surface area contributed by atoms with Crippen molar-refractivity contribution in [1.29, 1.82) is 0 Å². The van der Waals surface area contributed by atoms with E-state index in [1.54, 1.807) is 14.2 Å². The predicted molar refractivity (Wildman–Crippen MR) is 78.5 cm³/mol. The van der Waals surface area contributed by atoms with Crippen molar-refractivity contribution in [3.05, 3.63) is 23.8 Å². The van der Waals surface area contributed by atoms with Gasteiger partial charge in [-0.15, -0.1) is 0 Å². The second-order valence-electron chi connectivity index (χ2n) is 5.25. The summed E-state index contributed by atoms with van der Waals surface area (Å²) in [4.78, 5) is 13.2. The maximum atomic E-state index is 10.7. The highest BCUT2D eigenvalue weighted by molar-refractivity contribution is 5.53. The molecule has 1 aromatic rings. The highest BCUT2D eigenvalue weighted by Gasteiger charge is 2.18. The molecule has 0 unspecified atom stereocenters. The van der Waals surface area contributed by atoms with E-state index in [-0.39, 0.29) is 5.92 Å². The van der Waals surface area contributed by atoms with Crippen molar-refractivity contribution in [2.45, 2.75) is 19.3 Å². The normalized spacial score (nSPS) is 16.9. The van der Waals surface area contributed by atoms with Gasteiger partial charge in [-0.3, -0.25) is 0 Å². The van der Waals surface area contributed by atoms with E-state index in [9.17, 15) is 4.79 Å². The van der Waals surface area contributed by atoms with Gasteiger partial charge in [0.25, 0.3) is 0 Å². The highest BCUT2D eigenvalue weighted by Crippen LogP contribution is 2.27. The summed E-state index contributed by atoms with van der Waals surface area (Å²) < 4.78 is 10.6. The average Bonchev–Trinajstić information content (AvgIpc) is 2.53. The molecule has 20 heavy (non-hydrogen) atoms. The monoisotopic (exact) mass is 277 g/mol. The standard InChI is InChI=1S/C16H23NO3/c1-19-15-4-3-13(11-16(15)20-2)5-8-17-9-6-14(12-18)7-10-17/h3-4,11-12,14H,5-10H2,1-2H3. The number of piperidine rings is 1. The minimum atomic E-state index is 0.271. The van der Waals surface area contributed by atoms with E-state index in [1.165, 1.54) is 5.56 Å². The number of ether oxygens (including phenoxy) is 2. The summed E-state index contributed by atoms with van der Waals surface area (Å²) in [5.41, 5.74) is 1.25. The molecular formula is C16H23NO3. The average molecular weight is 277 g/mol. The molecule has 1 aromatic carbocycles. The number of carbonyl (C=O) groups excluding carboxylic acids is 1. The molecule has 1 heterocycles. The molecule has 1 aliphatic heterocycles. The quantitative estimate of drug-likeness (QED) is 0.747. The SMILES string of the molecule is COc1ccc(CCN2CCC(C=O)CC2)cc1OC. The molecule has 0 saturated carbocycles. The Morgan fingerprint density at radius 1 is 1.20 bits per heavy atom. The Kier molecular flexibility index (Phi) is 5.41. The Hall–Kier alpha value is -1.55. The first-order valence-electron chi connectivity index (χ1n) is 7.15. The maximum Gasteiger partial charge on any atom is 0.160 e. The fraction of sp³-hybridized carbons (Fsp3) is 0.562. The van der Waals surface area contributed by atoms with E-state index in [4.69, 9.17) is 9.47 Å². The zero-order valence-electron chi connectivity index (χ0n) is 12.3. The first-order valence-corrected chi connectivity index (χ1v) is 7.15. The highest BCUT2D eigenvalue weighted by atomic mass is 16.5. The number of methoxy groups -OCH3 is 2. The van der Waals surface area contributed by atoms with Crippen molar-refractivity contribution < 1.29 is 14.3 Å². The van der Waals surface area contributed by atoms with Crippen LogP contribution in [-0.2, 0) is 11.2 Å². The van der Waals surface area contributed by atoms with E-state index < -0.39 is 0 Å². The minimum Gasteiger partial charge on any atom is -0.493 e. The van der Waals surface area contributed by atoms with E-state index >= 15 is 0 Å². The smallest absolute Gasteiger partial charge is 0.160 e. The van der Waals surface area contributed by atoms with Crippen LogP contribution in [0.2, 0.25) is 0 Å². The Balaban J connectivity index is 1.86. The van der Waals surface area contributed by atoms with E-state index in [1.807, 2.05) is 12.1 Å². The number of rotatable bonds is 6. The van der Waals surface area contributed by atoms with Gasteiger partial charge in [-0.05, 0) is 50.0 Å². The van der Waals surface area contributed by atoms with Gasteiger partial charge in [-0.25, -0.2) is 0 Å². The van der Waals surface area contributed by atoms with E-state index in [0.29, 0.717) is 0 Å². The Morgan fingerprint density at radius 2 is 1.90 bits per heavy atom. The number of hydrogen-bond donors (Lipinski definition) is 0. The lowest BCUT2D eigenvalue weighted by Gasteiger charge is -2.29. The van der Waals surface area contributed by atoms with Gasteiger partial charge in [-0.1, -0.05) is 6.07 Å². The summed E-state index contributed by atoms with van der Waals surface area (Å²) in [7, 11) is 3.31. The van der Waals surface area contributed by atoms with Crippen LogP contribution in [0.1, 0.15) is 18.4 Å². The van der Waals surface area contributed by atoms with Gasteiger partial charge in [0.2, 0.25) is 0 Å². The van der Waals surface area contributed by atoms with Crippen molar-refractivity contribution in [1.82, 2.24) is 4.90 Å². The summed E-state index contributed by atoms with van der Waals surface area (Å²) in [6.45, 7) is 3.08. The van der Waals surface area contributed by atoms with Crippen LogP contribution in [0.4, 0.5) is 0 Å². The maximum absolute atomic E-state index is 10.7. The van der Waals surface area contributed by atoms with Crippen LogP contribution in [0.3, 0.4) is 0 Å². The molecule has 4 heteroatoms. The number of carbonyl (C=O) groups is 1. The third-order valence-electron chi connectivity index (χ3n) is 3.99. The number of aldehydes is 1. The number of nitrogens with zero attached hydrogens (tertiary/aromatic N) is 1. The van der Waals surface area contributed by atoms with Gasteiger partial charge in [0.15, 0.2) is 11.5 Å². The second kappa shape index (κ2) is 7.29. The number of benzene rings is 1.